The third-order valence-electron chi connectivity index (χ3n) is 12.6. The Hall–Kier alpha value is -7.23. The van der Waals surface area contributed by atoms with Crippen molar-refractivity contribution in [2.24, 2.45) is 17.2 Å². The van der Waals surface area contributed by atoms with Crippen LogP contribution in [-0.4, -0.2) is 133 Å². The van der Waals surface area contributed by atoms with Gasteiger partial charge in [0.25, 0.3) is 11.8 Å². The first-order valence-electron chi connectivity index (χ1n) is 24.1. The van der Waals surface area contributed by atoms with Gasteiger partial charge in [0.2, 0.25) is 23.6 Å². The van der Waals surface area contributed by atoms with Gasteiger partial charge < -0.3 is 62.7 Å². The normalized spacial score (nSPS) is 17.3. The van der Waals surface area contributed by atoms with Crippen molar-refractivity contribution < 1.29 is 52.9 Å². The second-order valence-electron chi connectivity index (χ2n) is 18.4. The minimum absolute atomic E-state index is 0.102. The number of likely N-dealkylation sites (N-methyl/N-ethyl adjacent to an activating group) is 2. The van der Waals surface area contributed by atoms with Crippen LogP contribution in [0.5, 0.6) is 5.75 Å². The van der Waals surface area contributed by atoms with E-state index in [1.165, 1.54) is 37.9 Å². The van der Waals surface area contributed by atoms with Gasteiger partial charge in [-0.1, -0.05) is 54.1 Å². The van der Waals surface area contributed by atoms with Crippen molar-refractivity contribution in [1.29, 1.82) is 0 Å². The molecule has 0 saturated carbocycles. The van der Waals surface area contributed by atoms with Gasteiger partial charge in [-0.25, -0.2) is 0 Å². The van der Waals surface area contributed by atoms with E-state index < -0.39 is 83.7 Å². The highest BCUT2D eigenvalue weighted by Gasteiger charge is 2.38. The van der Waals surface area contributed by atoms with Gasteiger partial charge in [0, 0.05) is 49.7 Å². The van der Waals surface area contributed by atoms with E-state index in [2.05, 4.69) is 21.3 Å². The predicted octanol–water partition coefficient (Wildman–Crippen LogP) is 2.81. The minimum Gasteiger partial charge on any atom is -0.493 e. The molecule has 0 fully saturated rings. The van der Waals surface area contributed by atoms with Crippen LogP contribution in [0.15, 0.2) is 84.9 Å². The number of unbranched alkanes of at least 4 members (excludes halogenated alkanes) is 1. The topological polar surface area (TPSA) is 308 Å². The van der Waals surface area contributed by atoms with Gasteiger partial charge in [-0.2, -0.15) is 0 Å². The summed E-state index contributed by atoms with van der Waals surface area (Å²) >= 11 is 6.08. The molecule has 11 N–H and O–H groups in total. The highest BCUT2D eigenvalue weighted by molar-refractivity contribution is 6.30. The lowest BCUT2D eigenvalue weighted by Crippen LogP contribution is -2.63. The number of amides is 6. The maximum absolute atomic E-state index is 14.9. The lowest BCUT2D eigenvalue weighted by atomic mass is 9.91. The van der Waals surface area contributed by atoms with E-state index in [9.17, 15) is 43.5 Å². The number of nitrogens with one attached hydrogen (secondary N) is 4. The number of benzene rings is 4. The van der Waals surface area contributed by atoms with Crippen molar-refractivity contribution >= 4 is 59.3 Å². The summed E-state index contributed by atoms with van der Waals surface area (Å²) in [6, 6.07) is 19.1. The summed E-state index contributed by atoms with van der Waals surface area (Å²) in [6.45, 7) is 3.57. The van der Waals surface area contributed by atoms with Crippen LogP contribution >= 0.6 is 11.6 Å². The summed E-state index contributed by atoms with van der Waals surface area (Å²) < 4.78 is 11.7. The average Bonchev–Trinajstić information content (AvgIpc) is 3.36. The summed E-state index contributed by atoms with van der Waals surface area (Å²) in [7, 11) is 4.37. The zero-order valence-corrected chi connectivity index (χ0v) is 42.9. The zero-order chi connectivity index (χ0) is 54.3. The van der Waals surface area contributed by atoms with Crippen molar-refractivity contribution in [2.45, 2.75) is 94.9 Å². The Kier molecular flexibility index (Phi) is 20.8. The van der Waals surface area contributed by atoms with Crippen molar-refractivity contribution in [1.82, 2.24) is 31.1 Å². The first kappa shape index (κ1) is 57.7. The Morgan fingerprint density at radius 3 is 2.20 bits per heavy atom. The van der Waals surface area contributed by atoms with Gasteiger partial charge in [-0.15, -0.1) is 0 Å². The Morgan fingerprint density at radius 1 is 0.919 bits per heavy atom. The van der Waals surface area contributed by atoms with Gasteiger partial charge in [0.05, 0.1) is 19.3 Å². The number of carboxylic acids is 1. The molecule has 0 spiro atoms. The molecule has 4 bridgehead atoms. The first-order chi connectivity index (χ1) is 35.2. The second kappa shape index (κ2) is 26.6. The number of nitrogens with two attached hydrogens (primary N) is 3. The van der Waals surface area contributed by atoms with Crippen LogP contribution < -0.4 is 43.2 Å². The number of rotatable bonds is 23. The summed E-state index contributed by atoms with van der Waals surface area (Å²) in [5.41, 5.74) is 20.6. The molecule has 0 unspecified atom stereocenters. The number of aldehydes is 1. The Bertz CT molecular complexity index is 2670. The van der Waals surface area contributed by atoms with E-state index in [-0.39, 0.29) is 44.6 Å². The van der Waals surface area contributed by atoms with Gasteiger partial charge in [-0.05, 0) is 129 Å². The number of hydrogen-bond acceptors (Lipinski definition) is 13. The smallest absolute Gasteiger partial charge is 0.303 e. The first-order valence-corrected chi connectivity index (χ1v) is 24.5. The van der Waals surface area contributed by atoms with E-state index in [4.69, 9.17) is 38.3 Å². The molecule has 0 aromatic heterocycles. The number of primary amides is 1. The number of carbonyl (C=O) groups excluding carboxylic acids is 7. The highest BCUT2D eigenvalue weighted by atomic mass is 35.5. The van der Waals surface area contributed by atoms with Crippen molar-refractivity contribution in [3.05, 3.63) is 112 Å². The second-order valence-corrected chi connectivity index (χ2v) is 18.8. The van der Waals surface area contributed by atoms with Crippen LogP contribution in [0.1, 0.15) is 79.0 Å². The molecule has 5 rings (SSSR count). The van der Waals surface area contributed by atoms with E-state index in [1.54, 1.807) is 79.7 Å². The molecule has 74 heavy (non-hydrogen) atoms. The van der Waals surface area contributed by atoms with Crippen molar-refractivity contribution in [2.75, 3.05) is 40.9 Å². The van der Waals surface area contributed by atoms with Crippen LogP contribution in [0.4, 0.5) is 0 Å². The molecule has 20 nitrogen and oxygen atoms in total. The largest absolute Gasteiger partial charge is 0.493 e. The van der Waals surface area contributed by atoms with E-state index in [0.29, 0.717) is 64.3 Å². The summed E-state index contributed by atoms with van der Waals surface area (Å²) in [5.74, 6) is -5.52. The monoisotopic (exact) mass is 1040 g/mol. The van der Waals surface area contributed by atoms with E-state index in [0.717, 1.165) is 11.1 Å². The van der Waals surface area contributed by atoms with E-state index >= 15 is 0 Å². The minimum atomic E-state index is -1.81. The van der Waals surface area contributed by atoms with E-state index in [1.807, 2.05) is 12.1 Å². The molecule has 6 atom stereocenters. The van der Waals surface area contributed by atoms with Crippen molar-refractivity contribution in [3.63, 3.8) is 0 Å². The lowest BCUT2D eigenvalue weighted by Gasteiger charge is -2.35. The molecule has 4 aromatic rings. The lowest BCUT2D eigenvalue weighted by molar-refractivity contribution is -0.142. The average molecular weight is 1040 g/mol. The standard InChI is InChI=1S/C53H66ClN9O11/c1-6-74-43-22-10-31-25-39(43)38-27-35(15-16-36(38)28-73-5)45(63(4)52(72)40(9-7-8-24-55)58-48(68)34-13-11-32(12-14-34)33-17-19-37(54)20-18-33)50(70)60-46(56)51(71)59-41(26-31)49(69)61-53(2,30-64)29-62(3)42(47(57)67)21-23-44(65)66/h10-20,22,25,27,30,40-42,45-46H,6-9,21,23-24,26,28-29,55-56H2,1-5H3,(H2,57,67)(H,58,68)(H,59,71)(H,60,70)(H,61,69)(H,65,66)/t40-,41-,42-,45-,46+,53+/m0/s1. The number of nitrogens with zero attached hydrogens (tertiary/aromatic N) is 2. The third-order valence-corrected chi connectivity index (χ3v) is 12.9. The fourth-order valence-electron chi connectivity index (χ4n) is 8.81. The number of hydrogen-bond donors (Lipinski definition) is 8. The molecule has 4 aromatic carbocycles. The Morgan fingerprint density at radius 2 is 1.59 bits per heavy atom. The Labute approximate surface area is 435 Å². The predicted molar refractivity (Wildman–Crippen MR) is 277 cm³/mol. The third kappa shape index (κ3) is 15.2. The number of methoxy groups -OCH3 is 1. The van der Waals surface area contributed by atoms with Crippen LogP contribution in [0.3, 0.4) is 0 Å². The summed E-state index contributed by atoms with van der Waals surface area (Å²) in [6.07, 6.45) is -0.949. The number of aliphatic carboxylic acids is 1. The van der Waals surface area contributed by atoms with Crippen LogP contribution in [-0.2, 0) is 51.3 Å². The molecule has 0 saturated heterocycles. The molecular formula is C53H66ClN9O11. The van der Waals surface area contributed by atoms with Gasteiger partial charge in [0.15, 0.2) is 6.17 Å². The zero-order valence-electron chi connectivity index (χ0n) is 42.2. The van der Waals surface area contributed by atoms with Crippen LogP contribution in [0.2, 0.25) is 5.02 Å². The van der Waals surface area contributed by atoms with Crippen LogP contribution in [0.25, 0.3) is 22.3 Å². The molecule has 21 heteroatoms. The van der Waals surface area contributed by atoms with Crippen LogP contribution in [0, 0.1) is 0 Å². The fraction of sp³-hybridized carbons (Fsp3) is 0.396. The number of ether oxygens (including phenoxy) is 2. The molecule has 1 aliphatic rings. The maximum Gasteiger partial charge on any atom is 0.303 e. The molecule has 0 radical (unpaired) electrons. The van der Waals surface area contributed by atoms with Crippen molar-refractivity contribution in [3.8, 4) is 28.0 Å². The molecule has 6 amide bonds. The molecule has 1 heterocycles. The SMILES string of the molecule is CCOc1ccc2cc1-c1cc(ccc1COC)[C@H](N(C)C(=O)[C@H](CCCCN)NC(=O)c1ccc(-c3ccc(Cl)cc3)cc1)C(=O)N[C@@H](N)C(=O)N[C@H](C(=O)N[C@@](C)(C=O)CN(C)[C@@H](CCC(=O)O)C(N)=O)C2. The highest BCUT2D eigenvalue weighted by Crippen LogP contribution is 2.37. The quantitative estimate of drug-likeness (QED) is 0.0392. The molecule has 0 aliphatic carbocycles. The summed E-state index contributed by atoms with van der Waals surface area (Å²) in [5, 5.41) is 20.5. The molecular weight excluding hydrogens is 974 g/mol. The number of halogens is 1. The van der Waals surface area contributed by atoms with Gasteiger partial charge in [0.1, 0.15) is 35.7 Å². The van der Waals surface area contributed by atoms with Gasteiger partial charge >= 0.3 is 5.97 Å². The summed E-state index contributed by atoms with van der Waals surface area (Å²) in [4.78, 5) is 111. The molecule has 1 aliphatic heterocycles. The Balaban J connectivity index is 1.54. The maximum atomic E-state index is 14.9. The number of fused-ring (bicyclic) bond motifs is 5. The molecule has 396 valence electrons. The van der Waals surface area contributed by atoms with Gasteiger partial charge in [-0.3, -0.25) is 38.5 Å². The fourth-order valence-corrected chi connectivity index (χ4v) is 8.94. The number of carboxylic acid groups (broad SMARTS) is 1. The number of carbonyl (C=O) groups is 8.